The summed E-state index contributed by atoms with van der Waals surface area (Å²) < 4.78 is 0. The molecule has 0 bridgehead atoms. The number of amidine groups is 1. The van der Waals surface area contributed by atoms with Crippen LogP contribution in [0.4, 0.5) is 0 Å². The second kappa shape index (κ2) is 6.42. The van der Waals surface area contributed by atoms with Gasteiger partial charge in [0, 0.05) is 12.5 Å². The molecule has 1 fully saturated rings. The van der Waals surface area contributed by atoms with Crippen LogP contribution in [0.25, 0.3) is 0 Å². The minimum atomic E-state index is -0.226. The molecule has 0 radical (unpaired) electrons. The fraction of sp³-hybridized carbons (Fsp3) is 0.500. The summed E-state index contributed by atoms with van der Waals surface area (Å²) in [7, 11) is 0. The molecule has 2 aliphatic rings. The van der Waals surface area contributed by atoms with E-state index in [1.807, 2.05) is 12.1 Å². The van der Waals surface area contributed by atoms with Gasteiger partial charge in [0.15, 0.2) is 5.76 Å². The molecule has 0 aromatic heterocycles. The van der Waals surface area contributed by atoms with Crippen molar-refractivity contribution >= 4 is 5.84 Å². The highest BCUT2D eigenvalue weighted by molar-refractivity contribution is 5.86. The van der Waals surface area contributed by atoms with Crippen molar-refractivity contribution in [3.8, 4) is 0 Å². The van der Waals surface area contributed by atoms with Gasteiger partial charge in [-0.15, -0.1) is 0 Å². The molecule has 0 unspecified atom stereocenters. The summed E-state index contributed by atoms with van der Waals surface area (Å²) in [6.45, 7) is 2.47. The molecule has 118 valence electrons. The molecule has 1 saturated carbocycles. The predicted molar refractivity (Wildman–Crippen MR) is 88.2 cm³/mol. The van der Waals surface area contributed by atoms with Gasteiger partial charge in [0.05, 0.1) is 6.54 Å². The molecule has 1 aromatic carbocycles. The maximum atomic E-state index is 9.90. The fourth-order valence-electron chi connectivity index (χ4n) is 3.43. The summed E-state index contributed by atoms with van der Waals surface area (Å²) in [5.74, 6) is 0.631. The fourth-order valence-corrected chi connectivity index (χ4v) is 3.43. The van der Waals surface area contributed by atoms with E-state index in [0.717, 1.165) is 18.7 Å². The molecule has 1 heterocycles. The molecule has 0 saturated heterocycles. The molecular weight excluding hydrogens is 276 g/mol. The lowest BCUT2D eigenvalue weighted by molar-refractivity contribution is 0.203. The van der Waals surface area contributed by atoms with Crippen LogP contribution >= 0.6 is 0 Å². The lowest BCUT2D eigenvalue weighted by atomic mass is 9.93. The van der Waals surface area contributed by atoms with E-state index in [4.69, 9.17) is 0 Å². The lowest BCUT2D eigenvalue weighted by Gasteiger charge is -2.38. The minimum Gasteiger partial charge on any atom is -0.506 e. The normalized spacial score (nSPS) is 20.2. The van der Waals surface area contributed by atoms with Crippen molar-refractivity contribution in [2.75, 3.05) is 6.54 Å². The van der Waals surface area contributed by atoms with Crippen molar-refractivity contribution in [3.05, 3.63) is 47.0 Å². The average Bonchev–Trinajstić information content (AvgIpc) is 2.54. The van der Waals surface area contributed by atoms with Crippen molar-refractivity contribution < 1.29 is 10.2 Å². The first-order chi connectivity index (χ1) is 10.6. The highest BCUT2D eigenvalue weighted by Crippen LogP contribution is 2.27. The number of aliphatic hydroxyl groups is 2. The number of hydrogen-bond donors (Lipinski definition) is 2. The molecular formula is C18H24N2O2. The number of rotatable bonds is 3. The summed E-state index contributed by atoms with van der Waals surface area (Å²) >= 11 is 0. The van der Waals surface area contributed by atoms with Crippen LogP contribution in [0.5, 0.6) is 0 Å². The molecule has 1 aromatic rings. The van der Waals surface area contributed by atoms with Crippen molar-refractivity contribution in [1.29, 1.82) is 0 Å². The van der Waals surface area contributed by atoms with Crippen molar-refractivity contribution in [2.24, 2.45) is 4.99 Å². The standard InChI is InChI=1S/C18H24N2O2/c1-13-7-5-6-8-14(13)11-17-19-18(22)16(21)12-20(17)15-9-3-2-4-10-15/h5-8,15,21-22H,2-4,9-12H2,1H3. The van der Waals surface area contributed by atoms with Gasteiger partial charge in [0.1, 0.15) is 5.84 Å². The highest BCUT2D eigenvalue weighted by Gasteiger charge is 2.29. The Balaban J connectivity index is 1.86. The summed E-state index contributed by atoms with van der Waals surface area (Å²) in [5, 5.41) is 19.7. The highest BCUT2D eigenvalue weighted by atomic mass is 16.3. The SMILES string of the molecule is Cc1ccccc1CC1=NC(O)=C(O)CN1C1CCCCC1. The second-order valence-corrected chi connectivity index (χ2v) is 6.32. The van der Waals surface area contributed by atoms with Gasteiger partial charge in [-0.25, -0.2) is 0 Å². The Labute approximate surface area is 131 Å². The summed E-state index contributed by atoms with van der Waals surface area (Å²) in [5.41, 5.74) is 2.45. The van der Waals surface area contributed by atoms with E-state index in [0.29, 0.717) is 19.0 Å². The van der Waals surface area contributed by atoms with Gasteiger partial charge in [-0.05, 0) is 30.9 Å². The topological polar surface area (TPSA) is 56.1 Å². The van der Waals surface area contributed by atoms with Gasteiger partial charge in [-0.2, -0.15) is 4.99 Å². The van der Waals surface area contributed by atoms with E-state index in [2.05, 4.69) is 28.9 Å². The third-order valence-electron chi connectivity index (χ3n) is 4.77. The zero-order chi connectivity index (χ0) is 15.5. The monoisotopic (exact) mass is 300 g/mol. The molecule has 2 N–H and O–H groups in total. The molecule has 3 rings (SSSR count). The predicted octanol–water partition coefficient (Wildman–Crippen LogP) is 3.87. The van der Waals surface area contributed by atoms with Crippen molar-refractivity contribution in [1.82, 2.24) is 4.90 Å². The lowest BCUT2D eigenvalue weighted by Crippen LogP contribution is -2.45. The molecule has 4 heteroatoms. The Morgan fingerprint density at radius 1 is 1.14 bits per heavy atom. The van der Waals surface area contributed by atoms with Crippen LogP contribution in [0.1, 0.15) is 43.2 Å². The second-order valence-electron chi connectivity index (χ2n) is 6.32. The molecule has 22 heavy (non-hydrogen) atoms. The minimum absolute atomic E-state index is 0.0147. The van der Waals surface area contributed by atoms with Gasteiger partial charge in [-0.3, -0.25) is 0 Å². The Hall–Kier alpha value is -1.97. The Morgan fingerprint density at radius 2 is 1.86 bits per heavy atom. The van der Waals surface area contributed by atoms with Gasteiger partial charge < -0.3 is 15.1 Å². The maximum Gasteiger partial charge on any atom is 0.253 e. The summed E-state index contributed by atoms with van der Waals surface area (Å²) in [6.07, 6.45) is 6.73. The number of nitrogens with zero attached hydrogens (tertiary/aromatic N) is 2. The van der Waals surface area contributed by atoms with Gasteiger partial charge >= 0.3 is 0 Å². The summed E-state index contributed by atoms with van der Waals surface area (Å²) in [6, 6.07) is 8.68. The molecule has 0 atom stereocenters. The first-order valence-corrected chi connectivity index (χ1v) is 8.15. The number of benzene rings is 1. The molecule has 0 spiro atoms. The largest absolute Gasteiger partial charge is 0.506 e. The molecule has 1 aliphatic carbocycles. The van der Waals surface area contributed by atoms with Crippen molar-refractivity contribution in [2.45, 2.75) is 51.5 Å². The number of aliphatic imine (C=N–C) groups is 1. The maximum absolute atomic E-state index is 9.90. The quantitative estimate of drug-likeness (QED) is 0.891. The van der Waals surface area contributed by atoms with Crippen LogP contribution in [0.2, 0.25) is 0 Å². The van der Waals surface area contributed by atoms with E-state index in [1.165, 1.54) is 30.4 Å². The molecule has 4 nitrogen and oxygen atoms in total. The van der Waals surface area contributed by atoms with Crippen LogP contribution < -0.4 is 0 Å². The van der Waals surface area contributed by atoms with E-state index < -0.39 is 0 Å². The number of hydrogen-bond acceptors (Lipinski definition) is 4. The van der Waals surface area contributed by atoms with Crippen LogP contribution in [-0.2, 0) is 6.42 Å². The van der Waals surface area contributed by atoms with E-state index in [-0.39, 0.29) is 11.6 Å². The average molecular weight is 300 g/mol. The first-order valence-electron chi connectivity index (χ1n) is 8.15. The van der Waals surface area contributed by atoms with Crippen LogP contribution in [0.3, 0.4) is 0 Å². The molecule has 0 amide bonds. The Morgan fingerprint density at radius 3 is 2.59 bits per heavy atom. The van der Waals surface area contributed by atoms with Gasteiger partial charge in [-0.1, -0.05) is 43.5 Å². The number of aryl methyl sites for hydroxylation is 1. The van der Waals surface area contributed by atoms with E-state index >= 15 is 0 Å². The zero-order valence-corrected chi connectivity index (χ0v) is 13.1. The Bertz CT molecular complexity index is 601. The van der Waals surface area contributed by atoms with Crippen LogP contribution in [0, 0.1) is 6.92 Å². The van der Waals surface area contributed by atoms with Crippen LogP contribution in [-0.4, -0.2) is 33.5 Å². The van der Waals surface area contributed by atoms with Crippen LogP contribution in [0.15, 0.2) is 40.9 Å². The number of aliphatic hydroxyl groups excluding tert-OH is 2. The van der Waals surface area contributed by atoms with E-state index in [9.17, 15) is 10.2 Å². The van der Waals surface area contributed by atoms with Gasteiger partial charge in [0.2, 0.25) is 0 Å². The third kappa shape index (κ3) is 3.11. The van der Waals surface area contributed by atoms with E-state index in [1.54, 1.807) is 0 Å². The third-order valence-corrected chi connectivity index (χ3v) is 4.77. The smallest absolute Gasteiger partial charge is 0.253 e. The Kier molecular flexibility index (Phi) is 4.36. The summed E-state index contributed by atoms with van der Waals surface area (Å²) in [4.78, 5) is 6.48. The molecule has 1 aliphatic heterocycles. The van der Waals surface area contributed by atoms with Gasteiger partial charge in [0.25, 0.3) is 5.88 Å². The zero-order valence-electron chi connectivity index (χ0n) is 13.1. The first kappa shape index (κ1) is 14.9. The van der Waals surface area contributed by atoms with Crippen molar-refractivity contribution in [3.63, 3.8) is 0 Å².